The minimum absolute atomic E-state index is 0.0859. The van der Waals surface area contributed by atoms with Crippen LogP contribution in [0.5, 0.6) is 0 Å². The number of hydrogen-bond acceptors (Lipinski definition) is 2. The summed E-state index contributed by atoms with van der Waals surface area (Å²) in [6.07, 6.45) is 0.623. The molecule has 2 rings (SSSR count). The molecular formula is C15H20BrNO2. The smallest absolute Gasteiger partial charge is 0.227 e. The normalized spacial score (nSPS) is 21.7. The Morgan fingerprint density at radius 2 is 2.21 bits per heavy atom. The van der Waals surface area contributed by atoms with Gasteiger partial charge in [-0.3, -0.25) is 4.79 Å². The number of rotatable bonds is 2. The van der Waals surface area contributed by atoms with Crippen molar-refractivity contribution in [1.29, 1.82) is 0 Å². The second kappa shape index (κ2) is 5.25. The SMILES string of the molecule is Cc1c(Br)cccc1CC(=O)N1CC[C@@H](O)C1(C)C. The highest BCUT2D eigenvalue weighted by Gasteiger charge is 2.42. The maximum Gasteiger partial charge on any atom is 0.227 e. The van der Waals surface area contributed by atoms with Gasteiger partial charge in [-0.05, 0) is 44.4 Å². The summed E-state index contributed by atoms with van der Waals surface area (Å²) in [6.45, 7) is 6.50. The summed E-state index contributed by atoms with van der Waals surface area (Å²) in [5.41, 5.74) is 1.68. The summed E-state index contributed by atoms with van der Waals surface area (Å²) in [4.78, 5) is 14.2. The molecule has 0 saturated carbocycles. The number of likely N-dealkylation sites (tertiary alicyclic amines) is 1. The van der Waals surface area contributed by atoms with Gasteiger partial charge in [-0.15, -0.1) is 0 Å². The Bertz CT molecular complexity index is 499. The highest BCUT2D eigenvalue weighted by atomic mass is 79.9. The average molecular weight is 326 g/mol. The summed E-state index contributed by atoms with van der Waals surface area (Å²) in [5, 5.41) is 9.94. The lowest BCUT2D eigenvalue weighted by atomic mass is 9.97. The van der Waals surface area contributed by atoms with Gasteiger partial charge < -0.3 is 10.0 Å². The van der Waals surface area contributed by atoms with Crippen LogP contribution >= 0.6 is 15.9 Å². The third-order valence-electron chi connectivity index (χ3n) is 4.16. The van der Waals surface area contributed by atoms with E-state index < -0.39 is 11.6 Å². The van der Waals surface area contributed by atoms with Crippen molar-refractivity contribution in [2.45, 2.75) is 45.3 Å². The van der Waals surface area contributed by atoms with Crippen LogP contribution in [-0.4, -0.2) is 34.1 Å². The topological polar surface area (TPSA) is 40.5 Å². The zero-order valence-corrected chi connectivity index (χ0v) is 13.2. The number of halogens is 1. The first-order valence-electron chi connectivity index (χ1n) is 6.56. The molecule has 1 aromatic carbocycles. The Kier molecular flexibility index (Phi) is 4.02. The number of hydrogen-bond donors (Lipinski definition) is 1. The molecular weight excluding hydrogens is 306 g/mol. The first-order chi connectivity index (χ1) is 8.84. The van der Waals surface area contributed by atoms with Crippen molar-refractivity contribution in [2.24, 2.45) is 0 Å². The highest BCUT2D eigenvalue weighted by molar-refractivity contribution is 9.10. The molecule has 1 amide bonds. The van der Waals surface area contributed by atoms with E-state index in [4.69, 9.17) is 0 Å². The molecule has 19 heavy (non-hydrogen) atoms. The number of amides is 1. The van der Waals surface area contributed by atoms with Gasteiger partial charge in [0.1, 0.15) is 0 Å². The molecule has 1 aromatic rings. The summed E-state index contributed by atoms with van der Waals surface area (Å²) in [7, 11) is 0. The average Bonchev–Trinajstić information content (AvgIpc) is 2.60. The van der Waals surface area contributed by atoms with E-state index in [1.807, 2.05) is 39.0 Å². The van der Waals surface area contributed by atoms with E-state index in [0.717, 1.165) is 15.6 Å². The Morgan fingerprint density at radius 1 is 1.53 bits per heavy atom. The molecule has 0 radical (unpaired) electrons. The van der Waals surface area contributed by atoms with E-state index in [9.17, 15) is 9.90 Å². The Hall–Kier alpha value is -0.870. The van der Waals surface area contributed by atoms with Crippen molar-refractivity contribution in [3.63, 3.8) is 0 Å². The van der Waals surface area contributed by atoms with E-state index >= 15 is 0 Å². The van der Waals surface area contributed by atoms with Crippen molar-refractivity contribution in [3.05, 3.63) is 33.8 Å². The van der Waals surface area contributed by atoms with E-state index in [1.54, 1.807) is 4.90 Å². The molecule has 0 unspecified atom stereocenters. The van der Waals surface area contributed by atoms with E-state index in [1.165, 1.54) is 0 Å². The highest BCUT2D eigenvalue weighted by Crippen LogP contribution is 2.30. The quantitative estimate of drug-likeness (QED) is 0.908. The lowest BCUT2D eigenvalue weighted by Gasteiger charge is -2.34. The molecule has 1 aliphatic heterocycles. The van der Waals surface area contributed by atoms with Crippen molar-refractivity contribution >= 4 is 21.8 Å². The fourth-order valence-corrected chi connectivity index (χ4v) is 3.03. The second-order valence-corrected chi connectivity index (χ2v) is 6.56. The number of carbonyl (C=O) groups is 1. The van der Waals surface area contributed by atoms with Gasteiger partial charge in [0.05, 0.1) is 18.1 Å². The third-order valence-corrected chi connectivity index (χ3v) is 5.02. The predicted octanol–water partition coefficient (Wildman–Crippen LogP) is 2.67. The van der Waals surface area contributed by atoms with Crippen LogP contribution in [0.15, 0.2) is 22.7 Å². The first-order valence-corrected chi connectivity index (χ1v) is 7.36. The molecule has 4 heteroatoms. The molecule has 0 aliphatic carbocycles. The second-order valence-electron chi connectivity index (χ2n) is 5.70. The fraction of sp³-hybridized carbons (Fsp3) is 0.533. The van der Waals surface area contributed by atoms with Crippen LogP contribution in [0.1, 0.15) is 31.4 Å². The van der Waals surface area contributed by atoms with Gasteiger partial charge in [0, 0.05) is 11.0 Å². The van der Waals surface area contributed by atoms with Crippen LogP contribution in [0.3, 0.4) is 0 Å². The molecule has 1 atom stereocenters. The Balaban J connectivity index is 2.16. The van der Waals surface area contributed by atoms with E-state index in [2.05, 4.69) is 15.9 Å². The third kappa shape index (κ3) is 2.70. The van der Waals surface area contributed by atoms with Crippen LogP contribution < -0.4 is 0 Å². The van der Waals surface area contributed by atoms with Gasteiger partial charge in [0.25, 0.3) is 0 Å². The largest absolute Gasteiger partial charge is 0.391 e. The standard InChI is InChI=1S/C15H20BrNO2/c1-10-11(5-4-6-12(10)16)9-14(19)17-8-7-13(18)15(17,2)3/h4-6,13,18H,7-9H2,1-3H3/t13-/m1/s1. The van der Waals surface area contributed by atoms with Gasteiger partial charge in [-0.25, -0.2) is 0 Å². The molecule has 1 aliphatic rings. The number of carbonyl (C=O) groups excluding carboxylic acids is 1. The molecule has 3 nitrogen and oxygen atoms in total. The Morgan fingerprint density at radius 3 is 2.79 bits per heavy atom. The number of nitrogens with zero attached hydrogens (tertiary/aromatic N) is 1. The molecule has 1 N–H and O–H groups in total. The summed E-state index contributed by atoms with van der Waals surface area (Å²) in [6, 6.07) is 5.91. The number of aliphatic hydroxyl groups excluding tert-OH is 1. The molecule has 1 fully saturated rings. The van der Waals surface area contributed by atoms with Gasteiger partial charge in [0.15, 0.2) is 0 Å². The lowest BCUT2D eigenvalue weighted by molar-refractivity contribution is -0.135. The van der Waals surface area contributed by atoms with Crippen molar-refractivity contribution in [3.8, 4) is 0 Å². The van der Waals surface area contributed by atoms with Crippen LogP contribution in [-0.2, 0) is 11.2 Å². The van der Waals surface area contributed by atoms with Crippen LogP contribution in [0.2, 0.25) is 0 Å². The lowest BCUT2D eigenvalue weighted by Crippen LogP contribution is -2.48. The van der Waals surface area contributed by atoms with Crippen LogP contribution in [0, 0.1) is 6.92 Å². The van der Waals surface area contributed by atoms with Crippen molar-refractivity contribution in [1.82, 2.24) is 4.90 Å². The van der Waals surface area contributed by atoms with Crippen LogP contribution in [0.4, 0.5) is 0 Å². The molecule has 1 saturated heterocycles. The number of aliphatic hydroxyl groups is 1. The minimum Gasteiger partial charge on any atom is -0.391 e. The molecule has 0 spiro atoms. The van der Waals surface area contributed by atoms with Gasteiger partial charge >= 0.3 is 0 Å². The molecule has 1 heterocycles. The number of benzene rings is 1. The summed E-state index contributed by atoms with van der Waals surface area (Å²) in [5.74, 6) is 0.0859. The van der Waals surface area contributed by atoms with E-state index in [-0.39, 0.29) is 5.91 Å². The fourth-order valence-electron chi connectivity index (χ4n) is 2.62. The van der Waals surface area contributed by atoms with Crippen LogP contribution in [0.25, 0.3) is 0 Å². The summed E-state index contributed by atoms with van der Waals surface area (Å²) < 4.78 is 1.03. The van der Waals surface area contributed by atoms with Gasteiger partial charge in [0.2, 0.25) is 5.91 Å². The Labute approximate surface area is 122 Å². The zero-order valence-electron chi connectivity index (χ0n) is 11.6. The molecule has 0 bridgehead atoms. The predicted molar refractivity (Wildman–Crippen MR) is 79.0 cm³/mol. The van der Waals surface area contributed by atoms with Gasteiger partial charge in [-0.1, -0.05) is 28.1 Å². The molecule has 104 valence electrons. The van der Waals surface area contributed by atoms with Crippen molar-refractivity contribution in [2.75, 3.05) is 6.54 Å². The maximum absolute atomic E-state index is 12.4. The zero-order chi connectivity index (χ0) is 14.2. The van der Waals surface area contributed by atoms with E-state index in [0.29, 0.717) is 19.4 Å². The minimum atomic E-state index is -0.461. The monoisotopic (exact) mass is 325 g/mol. The molecule has 0 aromatic heterocycles. The van der Waals surface area contributed by atoms with Gasteiger partial charge in [-0.2, -0.15) is 0 Å². The van der Waals surface area contributed by atoms with Crippen molar-refractivity contribution < 1.29 is 9.90 Å². The maximum atomic E-state index is 12.4. The summed E-state index contributed by atoms with van der Waals surface area (Å²) >= 11 is 3.49. The first kappa shape index (κ1) is 14.5.